The fourth-order valence-corrected chi connectivity index (χ4v) is 4.62. The quantitative estimate of drug-likeness (QED) is 0.314. The highest BCUT2D eigenvalue weighted by Gasteiger charge is 2.45. The molecule has 0 aromatic heterocycles. The summed E-state index contributed by atoms with van der Waals surface area (Å²) in [5.74, 6) is -0.551. The van der Waals surface area contributed by atoms with E-state index in [1.165, 1.54) is 6.92 Å². The van der Waals surface area contributed by atoms with Gasteiger partial charge in [-0.3, -0.25) is 9.59 Å². The van der Waals surface area contributed by atoms with Gasteiger partial charge in [0.15, 0.2) is 14.1 Å². The molecule has 0 aliphatic carbocycles. The second kappa shape index (κ2) is 10.3. The summed E-state index contributed by atoms with van der Waals surface area (Å²) < 4.78 is 12.7. The Morgan fingerprint density at radius 1 is 1.00 bits per heavy atom. The van der Waals surface area contributed by atoms with E-state index in [1.54, 1.807) is 13.8 Å². The highest BCUT2D eigenvalue weighted by Crippen LogP contribution is 2.40. The second-order valence-corrected chi connectivity index (χ2v) is 15.4. The summed E-state index contributed by atoms with van der Waals surface area (Å²) in [5, 5.41) is 0.0225. The van der Waals surface area contributed by atoms with Gasteiger partial charge in [-0.25, -0.2) is 0 Å². The number of carbonyl (C=O) groups excluding carboxylic acids is 2. The zero-order valence-corrected chi connectivity index (χ0v) is 21.7. The summed E-state index contributed by atoms with van der Waals surface area (Å²) in [6.45, 7) is 20.9. The van der Waals surface area contributed by atoms with E-state index in [4.69, 9.17) is 9.16 Å². The molecule has 0 saturated heterocycles. The minimum Gasteiger partial charge on any atom is -0.413 e. The van der Waals surface area contributed by atoms with Crippen LogP contribution in [0.1, 0.15) is 61.0 Å². The van der Waals surface area contributed by atoms with Gasteiger partial charge < -0.3 is 9.16 Å². The van der Waals surface area contributed by atoms with Crippen LogP contribution < -0.4 is 0 Å². The Hall–Kier alpha value is -1.30. The Labute approximate surface area is 184 Å². The maximum absolute atomic E-state index is 13.3. The molecule has 0 aliphatic heterocycles. The van der Waals surface area contributed by atoms with Crippen LogP contribution in [-0.4, -0.2) is 32.6 Å². The van der Waals surface area contributed by atoms with Crippen molar-refractivity contribution in [3.8, 4) is 0 Å². The van der Waals surface area contributed by atoms with Gasteiger partial charge in [-0.2, -0.15) is 0 Å². The van der Waals surface area contributed by atoms with E-state index < -0.39 is 19.7 Å². The Morgan fingerprint density at radius 3 is 2.00 bits per heavy atom. The molecule has 0 amide bonds. The summed E-state index contributed by atoms with van der Waals surface area (Å²) in [7, 11) is -2.12. The van der Waals surface area contributed by atoms with Gasteiger partial charge in [-0.1, -0.05) is 65.0 Å². The van der Waals surface area contributed by atoms with Crippen LogP contribution in [0.2, 0.25) is 18.1 Å². The predicted octanol–water partition coefficient (Wildman–Crippen LogP) is 6.05. The fraction of sp³-hybridized carbons (Fsp3) is 0.680. The Balaban J connectivity index is 3.04. The number of Topliss-reactive ketones (excluding diaryl/α,β-unsaturated/α-hetero) is 2. The molecule has 0 radical (unpaired) electrons. The van der Waals surface area contributed by atoms with Crippen LogP contribution >= 0.6 is 0 Å². The lowest BCUT2D eigenvalue weighted by Gasteiger charge is -2.43. The van der Waals surface area contributed by atoms with Crippen LogP contribution in [-0.2, 0) is 25.4 Å². The molecule has 0 saturated carbocycles. The van der Waals surface area contributed by atoms with Crippen molar-refractivity contribution in [2.45, 2.75) is 86.2 Å². The molecule has 1 aromatic rings. The van der Waals surface area contributed by atoms with Gasteiger partial charge >= 0.3 is 0 Å². The first-order valence-electron chi connectivity index (χ1n) is 11.0. The number of rotatable bonds is 11. The largest absolute Gasteiger partial charge is 0.413 e. The lowest BCUT2D eigenvalue weighted by molar-refractivity contribution is -0.143. The minimum atomic E-state index is -2.12. The van der Waals surface area contributed by atoms with E-state index >= 15 is 0 Å². The average molecular weight is 435 g/mol. The van der Waals surface area contributed by atoms with Crippen molar-refractivity contribution >= 4 is 19.9 Å². The van der Waals surface area contributed by atoms with Crippen molar-refractivity contribution in [1.82, 2.24) is 0 Å². The molecule has 0 N–H and O–H groups in total. The number of benzene rings is 1. The molecule has 4 nitrogen and oxygen atoms in total. The van der Waals surface area contributed by atoms with Crippen molar-refractivity contribution in [3.05, 3.63) is 35.9 Å². The molecule has 0 unspecified atom stereocenters. The van der Waals surface area contributed by atoms with Gasteiger partial charge in [0.25, 0.3) is 0 Å². The molecule has 5 heteroatoms. The third-order valence-electron chi connectivity index (χ3n) is 6.69. The average Bonchev–Trinajstić information content (AvgIpc) is 2.64. The highest BCUT2D eigenvalue weighted by atomic mass is 28.4. The van der Waals surface area contributed by atoms with Crippen molar-refractivity contribution in [1.29, 1.82) is 0 Å². The summed E-state index contributed by atoms with van der Waals surface area (Å²) in [6, 6.07) is 10.1. The molecule has 30 heavy (non-hydrogen) atoms. The van der Waals surface area contributed by atoms with Crippen LogP contribution in [0.4, 0.5) is 0 Å². The molecule has 1 rings (SSSR count). The van der Waals surface area contributed by atoms with Crippen LogP contribution in [0.25, 0.3) is 0 Å². The van der Waals surface area contributed by atoms with E-state index in [2.05, 4.69) is 40.8 Å². The van der Waals surface area contributed by atoms with Crippen molar-refractivity contribution in [2.24, 2.45) is 17.3 Å². The molecule has 3 atom stereocenters. The van der Waals surface area contributed by atoms with Crippen molar-refractivity contribution in [2.75, 3.05) is 6.61 Å². The van der Waals surface area contributed by atoms with Crippen LogP contribution in [0.3, 0.4) is 0 Å². The maximum atomic E-state index is 13.3. The molecule has 0 fully saturated rings. The van der Waals surface area contributed by atoms with Crippen LogP contribution in [0.5, 0.6) is 0 Å². The number of ketones is 2. The fourth-order valence-electron chi connectivity index (χ4n) is 3.15. The van der Waals surface area contributed by atoms with Crippen LogP contribution in [0, 0.1) is 17.3 Å². The van der Waals surface area contributed by atoms with Crippen LogP contribution in [0.15, 0.2) is 30.3 Å². The van der Waals surface area contributed by atoms with Crippen molar-refractivity contribution in [3.63, 3.8) is 0 Å². The Morgan fingerprint density at radius 2 is 1.53 bits per heavy atom. The summed E-state index contributed by atoms with van der Waals surface area (Å²) in [4.78, 5) is 25.4. The van der Waals surface area contributed by atoms with E-state index in [0.717, 1.165) is 5.56 Å². The summed E-state index contributed by atoms with van der Waals surface area (Å²) >= 11 is 0. The number of ether oxygens (including phenoxy) is 1. The molecule has 0 aliphatic rings. The van der Waals surface area contributed by atoms with E-state index in [-0.39, 0.29) is 28.6 Å². The molecule has 0 bridgehead atoms. The Kier molecular flexibility index (Phi) is 9.21. The van der Waals surface area contributed by atoms with Gasteiger partial charge in [0, 0.05) is 11.8 Å². The van der Waals surface area contributed by atoms with E-state index in [1.807, 2.05) is 37.3 Å². The monoisotopic (exact) mass is 434 g/mol. The molecular weight excluding hydrogens is 392 g/mol. The first-order chi connectivity index (χ1) is 13.6. The molecular formula is C25H42O4Si. The third-order valence-corrected chi connectivity index (χ3v) is 11.2. The lowest BCUT2D eigenvalue weighted by atomic mass is 9.75. The topological polar surface area (TPSA) is 52.6 Å². The van der Waals surface area contributed by atoms with E-state index in [9.17, 15) is 9.59 Å². The zero-order chi connectivity index (χ0) is 23.3. The smallest absolute Gasteiger partial charge is 0.192 e. The highest BCUT2D eigenvalue weighted by molar-refractivity contribution is 6.74. The predicted molar refractivity (Wildman–Crippen MR) is 126 cm³/mol. The first-order valence-corrected chi connectivity index (χ1v) is 13.9. The maximum Gasteiger partial charge on any atom is 0.192 e. The zero-order valence-electron chi connectivity index (χ0n) is 20.7. The number of hydrogen-bond acceptors (Lipinski definition) is 4. The van der Waals surface area contributed by atoms with E-state index in [0.29, 0.717) is 13.2 Å². The second-order valence-electron chi connectivity index (χ2n) is 10.7. The molecule has 1 aromatic carbocycles. The number of carbonyl (C=O) groups is 2. The summed E-state index contributed by atoms with van der Waals surface area (Å²) in [6.07, 6.45) is -0.298. The van der Waals surface area contributed by atoms with Gasteiger partial charge in [0.05, 0.1) is 24.7 Å². The normalized spacial score (nSPS) is 16.1. The standard InChI is InChI=1S/C25H42O4Si/c1-18(16-28-17-21-14-12-11-13-15-21)22(29-30(9,10)24(4,5)6)19(2)23(27)25(7,8)20(3)26/h11-15,18-19,22H,16-17H2,1-10H3/t18-,19+,22-/m0/s1. The van der Waals surface area contributed by atoms with Crippen molar-refractivity contribution < 1.29 is 18.8 Å². The van der Waals surface area contributed by atoms with Gasteiger partial charge in [0.1, 0.15) is 5.78 Å². The van der Waals surface area contributed by atoms with Gasteiger partial charge in [-0.05, 0) is 44.5 Å². The first kappa shape index (κ1) is 26.7. The SMILES string of the molecule is CC(=O)C(C)(C)C(=O)[C@H](C)[C@@H](O[Si](C)(C)C(C)(C)C)[C@@H](C)COCc1ccccc1. The van der Waals surface area contributed by atoms with Gasteiger partial charge in [-0.15, -0.1) is 0 Å². The molecule has 0 spiro atoms. The molecule has 170 valence electrons. The number of hydrogen-bond donors (Lipinski definition) is 0. The third kappa shape index (κ3) is 6.86. The van der Waals surface area contributed by atoms with Gasteiger partial charge in [0.2, 0.25) is 0 Å². The Bertz CT molecular complexity index is 704. The molecule has 0 heterocycles. The minimum absolute atomic E-state index is 0.0181. The lowest BCUT2D eigenvalue weighted by Crippen LogP contribution is -2.51. The summed E-state index contributed by atoms with van der Waals surface area (Å²) in [5.41, 5.74) is 0.104.